The van der Waals surface area contributed by atoms with E-state index in [0.717, 1.165) is 78.3 Å². The number of nitrogens with zero attached hydrogens (tertiary/aromatic N) is 5. The molecule has 0 bridgehead atoms. The molecular weight excluding hydrogens is 670 g/mol. The average molecular weight is 714 g/mol. The molecule has 3 saturated heterocycles. The molecule has 2 N–H and O–H groups in total. The van der Waals surface area contributed by atoms with Crippen LogP contribution in [0.25, 0.3) is 0 Å². The average Bonchev–Trinajstić information content (AvgIpc) is 3.83. The molecule has 272 valence electrons. The van der Waals surface area contributed by atoms with Crippen molar-refractivity contribution in [1.82, 2.24) is 20.4 Å². The van der Waals surface area contributed by atoms with Crippen molar-refractivity contribution in [3.05, 3.63) is 93.5 Å². The number of nitriles is 1. The summed E-state index contributed by atoms with van der Waals surface area (Å²) >= 11 is 0. The smallest absolute Gasteiger partial charge is 0.262 e. The summed E-state index contributed by atoms with van der Waals surface area (Å²) in [6.45, 7) is 8.10. The minimum atomic E-state index is -0.964. The Balaban J connectivity index is 0.837. The SMILES string of the molecule is CCc1cc(N2C[C@@H](NC(=O)c3ccc(N4CCC(N5Cc6cc7c(cc6C5)C(=O)N(C5CCC(=O)NC5=O)C7=O)CC4)cc3)C[C@@H]2C)ccc1C#N. The van der Waals surface area contributed by atoms with Crippen molar-refractivity contribution in [2.45, 2.75) is 89.6 Å². The Hall–Kier alpha value is -5.54. The van der Waals surface area contributed by atoms with Gasteiger partial charge in [0.2, 0.25) is 11.8 Å². The van der Waals surface area contributed by atoms with Crippen LogP contribution in [0.1, 0.15) is 99.3 Å². The Labute approximate surface area is 308 Å². The Morgan fingerprint density at radius 3 is 2.19 bits per heavy atom. The zero-order valence-corrected chi connectivity index (χ0v) is 30.1. The molecule has 12 nitrogen and oxygen atoms in total. The maximum absolute atomic E-state index is 13.3. The second-order valence-electron chi connectivity index (χ2n) is 15.0. The van der Waals surface area contributed by atoms with Crippen LogP contribution in [0.15, 0.2) is 54.6 Å². The van der Waals surface area contributed by atoms with Crippen molar-refractivity contribution in [2.75, 3.05) is 29.4 Å². The summed E-state index contributed by atoms with van der Waals surface area (Å²) in [5.74, 6) is -2.00. The Bertz CT molecular complexity index is 2020. The van der Waals surface area contributed by atoms with Gasteiger partial charge in [-0.05, 0) is 110 Å². The molecule has 5 aliphatic rings. The third-order valence-corrected chi connectivity index (χ3v) is 11.8. The molecule has 3 atom stereocenters. The number of amides is 5. The monoisotopic (exact) mass is 713 g/mol. The van der Waals surface area contributed by atoms with E-state index in [9.17, 15) is 29.2 Å². The molecule has 3 aromatic carbocycles. The maximum atomic E-state index is 13.3. The molecule has 3 aromatic rings. The lowest BCUT2D eigenvalue weighted by atomic mass is 10.0. The van der Waals surface area contributed by atoms with Gasteiger partial charge in [0.1, 0.15) is 6.04 Å². The fourth-order valence-electron chi connectivity index (χ4n) is 8.89. The molecule has 5 aliphatic heterocycles. The summed E-state index contributed by atoms with van der Waals surface area (Å²) in [6.07, 6.45) is 3.82. The van der Waals surface area contributed by atoms with Crippen LogP contribution in [0.2, 0.25) is 0 Å². The molecule has 1 unspecified atom stereocenters. The first-order valence-corrected chi connectivity index (χ1v) is 18.7. The van der Waals surface area contributed by atoms with Crippen LogP contribution in [0, 0.1) is 11.3 Å². The molecule has 5 heterocycles. The normalized spacial score (nSPS) is 23.3. The van der Waals surface area contributed by atoms with Gasteiger partial charge < -0.3 is 15.1 Å². The van der Waals surface area contributed by atoms with Gasteiger partial charge >= 0.3 is 0 Å². The van der Waals surface area contributed by atoms with E-state index in [2.05, 4.69) is 51.3 Å². The van der Waals surface area contributed by atoms with Gasteiger partial charge in [0, 0.05) is 74.2 Å². The lowest BCUT2D eigenvalue weighted by molar-refractivity contribution is -0.136. The molecule has 3 fully saturated rings. The predicted molar refractivity (Wildman–Crippen MR) is 197 cm³/mol. The van der Waals surface area contributed by atoms with Gasteiger partial charge in [-0.1, -0.05) is 6.92 Å². The third-order valence-electron chi connectivity index (χ3n) is 11.8. The van der Waals surface area contributed by atoms with Crippen LogP contribution in [0.4, 0.5) is 11.4 Å². The van der Waals surface area contributed by atoms with E-state index in [4.69, 9.17) is 0 Å². The Morgan fingerprint density at radius 2 is 1.57 bits per heavy atom. The summed E-state index contributed by atoms with van der Waals surface area (Å²) in [6, 6.07) is 19.5. The minimum absolute atomic E-state index is 0.0307. The third kappa shape index (κ3) is 6.33. The summed E-state index contributed by atoms with van der Waals surface area (Å²) in [7, 11) is 0. The van der Waals surface area contributed by atoms with Crippen molar-refractivity contribution in [3.8, 4) is 6.07 Å². The van der Waals surface area contributed by atoms with Crippen molar-refractivity contribution >= 4 is 40.9 Å². The molecule has 0 spiro atoms. The van der Waals surface area contributed by atoms with Gasteiger partial charge in [-0.2, -0.15) is 5.26 Å². The van der Waals surface area contributed by atoms with Gasteiger partial charge in [-0.15, -0.1) is 0 Å². The quantitative estimate of drug-likeness (QED) is 0.348. The standard InChI is InChI=1S/C41H43N7O5/c1-3-25-17-33(9-6-27(25)20-42)47-23-30(16-24(47)2)43-38(50)26-4-7-31(8-5-26)45-14-12-32(13-15-45)46-21-28-18-34-35(19-29(28)22-46)41(53)48(40(34)52)36-10-11-37(49)44-39(36)51/h4-9,17-19,24,30,32,36H,3,10-16,21-23H2,1-2H3,(H,43,50)(H,44,49,51)/t24-,30-,36?/m0/s1. The summed E-state index contributed by atoms with van der Waals surface area (Å²) in [5, 5.41) is 14.9. The number of anilines is 2. The van der Waals surface area contributed by atoms with Crippen LogP contribution in [0.5, 0.6) is 0 Å². The molecule has 5 amide bonds. The van der Waals surface area contributed by atoms with E-state index >= 15 is 0 Å². The second kappa shape index (κ2) is 13.8. The van der Waals surface area contributed by atoms with Crippen LogP contribution in [-0.4, -0.2) is 83.1 Å². The van der Waals surface area contributed by atoms with Crippen LogP contribution in [0.3, 0.4) is 0 Å². The molecular formula is C41H43N7O5. The number of rotatable bonds is 7. The largest absolute Gasteiger partial charge is 0.371 e. The van der Waals surface area contributed by atoms with Gasteiger partial charge in [0.15, 0.2) is 0 Å². The van der Waals surface area contributed by atoms with E-state index in [1.54, 1.807) is 0 Å². The molecule has 12 heteroatoms. The number of fused-ring (bicyclic) bond motifs is 2. The van der Waals surface area contributed by atoms with E-state index in [1.807, 2.05) is 48.5 Å². The van der Waals surface area contributed by atoms with E-state index in [-0.39, 0.29) is 36.7 Å². The van der Waals surface area contributed by atoms with Gasteiger partial charge in [0.25, 0.3) is 17.7 Å². The number of aryl methyl sites for hydroxylation is 1. The van der Waals surface area contributed by atoms with E-state index < -0.39 is 23.8 Å². The summed E-state index contributed by atoms with van der Waals surface area (Å²) in [4.78, 5) is 72.1. The summed E-state index contributed by atoms with van der Waals surface area (Å²) < 4.78 is 0. The lowest BCUT2D eigenvalue weighted by Gasteiger charge is -2.37. The fraction of sp³-hybridized carbons (Fsp3) is 0.415. The number of hydrogen-bond acceptors (Lipinski definition) is 9. The number of imide groups is 2. The van der Waals surface area contributed by atoms with Gasteiger partial charge in [0.05, 0.1) is 22.8 Å². The topological polar surface area (TPSA) is 146 Å². The highest BCUT2D eigenvalue weighted by atomic mass is 16.2. The first kappa shape index (κ1) is 34.5. The number of benzene rings is 3. The molecule has 0 aromatic heterocycles. The zero-order chi connectivity index (χ0) is 37.0. The number of carbonyl (C=O) groups excluding carboxylic acids is 5. The molecule has 8 rings (SSSR count). The number of carbonyl (C=O) groups is 5. The van der Waals surface area contributed by atoms with Gasteiger partial charge in [-0.3, -0.25) is 39.1 Å². The van der Waals surface area contributed by atoms with Crippen molar-refractivity contribution in [2.24, 2.45) is 0 Å². The number of hydrogen-bond donors (Lipinski definition) is 2. The molecule has 0 aliphatic carbocycles. The van der Waals surface area contributed by atoms with Crippen LogP contribution >= 0.6 is 0 Å². The first-order valence-electron chi connectivity index (χ1n) is 18.7. The highest BCUT2D eigenvalue weighted by Gasteiger charge is 2.45. The van der Waals surface area contributed by atoms with Crippen LogP contribution < -0.4 is 20.4 Å². The first-order chi connectivity index (χ1) is 25.6. The Kier molecular flexibility index (Phi) is 8.98. The number of piperidine rings is 2. The van der Waals surface area contributed by atoms with Gasteiger partial charge in [-0.25, -0.2) is 0 Å². The minimum Gasteiger partial charge on any atom is -0.371 e. The molecule has 53 heavy (non-hydrogen) atoms. The van der Waals surface area contributed by atoms with Crippen molar-refractivity contribution in [3.63, 3.8) is 0 Å². The fourth-order valence-corrected chi connectivity index (χ4v) is 8.89. The van der Waals surface area contributed by atoms with E-state index in [1.165, 1.54) is 0 Å². The zero-order valence-electron chi connectivity index (χ0n) is 30.1. The lowest BCUT2D eigenvalue weighted by Crippen LogP contribution is -2.54. The highest BCUT2D eigenvalue weighted by molar-refractivity contribution is 6.23. The summed E-state index contributed by atoms with van der Waals surface area (Å²) in [5.41, 5.74) is 7.30. The number of nitrogens with one attached hydrogen (secondary N) is 2. The second-order valence-corrected chi connectivity index (χ2v) is 15.0. The molecule has 0 saturated carbocycles. The highest BCUT2D eigenvalue weighted by Crippen LogP contribution is 2.36. The maximum Gasteiger partial charge on any atom is 0.262 e. The van der Waals surface area contributed by atoms with Crippen molar-refractivity contribution < 1.29 is 24.0 Å². The van der Waals surface area contributed by atoms with Crippen LogP contribution in [-0.2, 0) is 29.1 Å². The molecule has 0 radical (unpaired) electrons. The van der Waals surface area contributed by atoms with E-state index in [0.29, 0.717) is 41.4 Å². The predicted octanol–water partition coefficient (Wildman–Crippen LogP) is 3.90. The Morgan fingerprint density at radius 1 is 0.906 bits per heavy atom. The van der Waals surface area contributed by atoms with Crippen molar-refractivity contribution in [1.29, 1.82) is 5.26 Å².